The fourth-order valence-corrected chi connectivity index (χ4v) is 3.76. The third-order valence-electron chi connectivity index (χ3n) is 3.68. The maximum atomic E-state index is 13.3. The first-order valence-electron chi connectivity index (χ1n) is 6.73. The molecule has 2 heterocycles. The van der Waals surface area contributed by atoms with E-state index in [9.17, 15) is 4.39 Å². The Morgan fingerprint density at radius 1 is 1.15 bits per heavy atom. The number of nitrogens with zero attached hydrogens (tertiary/aromatic N) is 2. The van der Waals surface area contributed by atoms with E-state index >= 15 is 0 Å². The number of rotatable bonds is 1. The van der Waals surface area contributed by atoms with Gasteiger partial charge in [0.25, 0.3) is 0 Å². The van der Waals surface area contributed by atoms with Gasteiger partial charge in [-0.05, 0) is 42.7 Å². The molecule has 1 aliphatic rings. The smallest absolute Gasteiger partial charge is 0.190 e. The van der Waals surface area contributed by atoms with Crippen LogP contribution in [0, 0.1) is 5.82 Å². The summed E-state index contributed by atoms with van der Waals surface area (Å²) in [4.78, 5) is 6.91. The van der Waals surface area contributed by atoms with Crippen LogP contribution in [0.2, 0.25) is 0 Å². The van der Waals surface area contributed by atoms with Crippen molar-refractivity contribution in [2.24, 2.45) is 0 Å². The molecule has 0 spiro atoms. The SMILES string of the molecule is Fc1ccc2nc(N3CCCc4ccccc43)sc2c1. The summed E-state index contributed by atoms with van der Waals surface area (Å²) in [6, 6.07) is 13.2. The standard InChI is InChI=1S/C16H13FN2S/c17-12-7-8-13-15(10-12)20-16(18-13)19-9-3-5-11-4-1-2-6-14(11)19/h1-2,4,6-8,10H,3,5,9H2. The van der Waals surface area contributed by atoms with Crippen molar-refractivity contribution in [3.63, 3.8) is 0 Å². The first-order valence-corrected chi connectivity index (χ1v) is 7.54. The van der Waals surface area contributed by atoms with Crippen LogP contribution >= 0.6 is 11.3 Å². The van der Waals surface area contributed by atoms with Crippen LogP contribution in [-0.4, -0.2) is 11.5 Å². The van der Waals surface area contributed by atoms with Crippen LogP contribution in [0.4, 0.5) is 15.2 Å². The molecule has 4 heteroatoms. The quantitative estimate of drug-likeness (QED) is 0.653. The maximum Gasteiger partial charge on any atom is 0.190 e. The minimum atomic E-state index is -0.202. The normalized spacial score (nSPS) is 14.6. The van der Waals surface area contributed by atoms with Gasteiger partial charge in [-0.25, -0.2) is 9.37 Å². The molecule has 0 bridgehead atoms. The number of para-hydroxylation sites is 1. The number of hydrogen-bond donors (Lipinski definition) is 0. The summed E-state index contributed by atoms with van der Waals surface area (Å²) in [5.74, 6) is -0.202. The molecule has 0 unspecified atom stereocenters. The summed E-state index contributed by atoms with van der Waals surface area (Å²) in [5, 5.41) is 0.956. The average molecular weight is 284 g/mol. The van der Waals surface area contributed by atoms with Gasteiger partial charge >= 0.3 is 0 Å². The third-order valence-corrected chi connectivity index (χ3v) is 4.72. The summed E-state index contributed by atoms with van der Waals surface area (Å²) in [6.45, 7) is 0.972. The summed E-state index contributed by atoms with van der Waals surface area (Å²) in [6.07, 6.45) is 2.24. The molecule has 0 saturated carbocycles. The van der Waals surface area contributed by atoms with E-state index in [-0.39, 0.29) is 5.82 Å². The third kappa shape index (κ3) is 1.88. The van der Waals surface area contributed by atoms with Crippen LogP contribution in [-0.2, 0) is 6.42 Å². The van der Waals surface area contributed by atoms with E-state index in [1.165, 1.54) is 17.3 Å². The highest BCUT2D eigenvalue weighted by molar-refractivity contribution is 7.22. The Balaban J connectivity index is 1.84. The molecule has 0 amide bonds. The summed E-state index contributed by atoms with van der Waals surface area (Å²) in [7, 11) is 0. The van der Waals surface area contributed by atoms with Crippen molar-refractivity contribution < 1.29 is 4.39 Å². The van der Waals surface area contributed by atoms with Crippen molar-refractivity contribution in [1.82, 2.24) is 4.98 Å². The molecule has 0 radical (unpaired) electrons. The largest absolute Gasteiger partial charge is 0.318 e. The van der Waals surface area contributed by atoms with Crippen LogP contribution < -0.4 is 4.90 Å². The Morgan fingerprint density at radius 2 is 2.05 bits per heavy atom. The molecule has 20 heavy (non-hydrogen) atoms. The number of anilines is 2. The van der Waals surface area contributed by atoms with Gasteiger partial charge in [-0.3, -0.25) is 0 Å². The van der Waals surface area contributed by atoms with Crippen LogP contribution in [0.1, 0.15) is 12.0 Å². The van der Waals surface area contributed by atoms with E-state index in [0.29, 0.717) is 0 Å². The molecule has 100 valence electrons. The van der Waals surface area contributed by atoms with E-state index in [4.69, 9.17) is 0 Å². The van der Waals surface area contributed by atoms with Crippen molar-refractivity contribution >= 4 is 32.4 Å². The Labute approximate surface area is 120 Å². The van der Waals surface area contributed by atoms with Crippen LogP contribution in [0.5, 0.6) is 0 Å². The molecule has 0 aliphatic carbocycles. The van der Waals surface area contributed by atoms with Crippen LogP contribution in [0.15, 0.2) is 42.5 Å². The zero-order valence-corrected chi connectivity index (χ0v) is 11.7. The van der Waals surface area contributed by atoms with Gasteiger partial charge in [0.05, 0.1) is 10.2 Å². The van der Waals surface area contributed by atoms with E-state index < -0.39 is 0 Å². The van der Waals surface area contributed by atoms with Gasteiger partial charge in [0, 0.05) is 12.2 Å². The van der Waals surface area contributed by atoms with Gasteiger partial charge in [-0.15, -0.1) is 0 Å². The molecular formula is C16H13FN2S. The Morgan fingerprint density at radius 3 is 3.00 bits per heavy atom. The predicted molar refractivity (Wildman–Crippen MR) is 81.3 cm³/mol. The van der Waals surface area contributed by atoms with Gasteiger partial charge in [0.2, 0.25) is 0 Å². The summed E-state index contributed by atoms with van der Waals surface area (Å²) < 4.78 is 14.2. The number of fused-ring (bicyclic) bond motifs is 2. The van der Waals surface area contributed by atoms with Gasteiger partial charge in [0.15, 0.2) is 5.13 Å². The molecule has 0 N–H and O–H groups in total. The van der Waals surface area contributed by atoms with Crippen LogP contribution in [0.25, 0.3) is 10.2 Å². The Bertz CT molecular complexity index is 781. The minimum absolute atomic E-state index is 0.202. The number of halogens is 1. The fraction of sp³-hybridized carbons (Fsp3) is 0.188. The number of benzene rings is 2. The lowest BCUT2D eigenvalue weighted by molar-refractivity contribution is 0.630. The molecule has 1 aromatic heterocycles. The molecule has 0 atom stereocenters. The predicted octanol–water partition coefficient (Wildman–Crippen LogP) is 4.52. The van der Waals surface area contributed by atoms with Crippen molar-refractivity contribution in [2.45, 2.75) is 12.8 Å². The number of aromatic nitrogens is 1. The monoisotopic (exact) mass is 284 g/mol. The lowest BCUT2D eigenvalue weighted by Crippen LogP contribution is -2.24. The Hall–Kier alpha value is -1.94. The molecule has 2 nitrogen and oxygen atoms in total. The van der Waals surface area contributed by atoms with Crippen molar-refractivity contribution in [3.8, 4) is 0 Å². The number of hydrogen-bond acceptors (Lipinski definition) is 3. The minimum Gasteiger partial charge on any atom is -0.318 e. The Kier molecular flexibility index (Phi) is 2.70. The molecule has 4 rings (SSSR count). The molecule has 0 saturated heterocycles. The lowest BCUT2D eigenvalue weighted by Gasteiger charge is -2.28. The summed E-state index contributed by atoms with van der Waals surface area (Å²) >= 11 is 1.56. The first-order chi connectivity index (χ1) is 9.81. The molecule has 1 aliphatic heterocycles. The van der Waals surface area contributed by atoms with E-state index in [0.717, 1.165) is 34.7 Å². The highest BCUT2D eigenvalue weighted by atomic mass is 32.1. The van der Waals surface area contributed by atoms with Crippen molar-refractivity contribution in [3.05, 3.63) is 53.8 Å². The van der Waals surface area contributed by atoms with Crippen LogP contribution in [0.3, 0.4) is 0 Å². The molecular weight excluding hydrogens is 271 g/mol. The van der Waals surface area contributed by atoms with E-state index in [1.807, 2.05) is 0 Å². The highest BCUT2D eigenvalue weighted by Gasteiger charge is 2.20. The topological polar surface area (TPSA) is 16.1 Å². The molecule has 3 aromatic rings. The number of thiazole rings is 1. The van der Waals surface area contributed by atoms with Crippen molar-refractivity contribution in [2.75, 3.05) is 11.4 Å². The molecule has 0 fully saturated rings. The van der Waals surface area contributed by atoms with Crippen molar-refractivity contribution in [1.29, 1.82) is 0 Å². The highest BCUT2D eigenvalue weighted by Crippen LogP contribution is 2.37. The molecule has 2 aromatic carbocycles. The van der Waals surface area contributed by atoms with Gasteiger partial charge < -0.3 is 4.90 Å². The van der Waals surface area contributed by atoms with Gasteiger partial charge in [-0.2, -0.15) is 0 Å². The van der Waals surface area contributed by atoms with Gasteiger partial charge in [0.1, 0.15) is 5.82 Å². The van der Waals surface area contributed by atoms with E-state index in [1.54, 1.807) is 23.5 Å². The summed E-state index contributed by atoms with van der Waals surface area (Å²) in [5.41, 5.74) is 3.47. The van der Waals surface area contributed by atoms with Gasteiger partial charge in [-0.1, -0.05) is 29.5 Å². The second-order valence-electron chi connectivity index (χ2n) is 4.99. The average Bonchev–Trinajstić information content (AvgIpc) is 2.89. The second kappa shape index (κ2) is 4.56. The number of aryl methyl sites for hydroxylation is 1. The first kappa shape index (κ1) is 11.9. The second-order valence-corrected chi connectivity index (χ2v) is 6.00. The lowest BCUT2D eigenvalue weighted by atomic mass is 10.0. The maximum absolute atomic E-state index is 13.3. The zero-order chi connectivity index (χ0) is 13.5. The van der Waals surface area contributed by atoms with E-state index in [2.05, 4.69) is 34.1 Å². The zero-order valence-electron chi connectivity index (χ0n) is 10.8. The fourth-order valence-electron chi connectivity index (χ4n) is 2.73.